The summed E-state index contributed by atoms with van der Waals surface area (Å²) in [4.78, 5) is 43.4. The topological polar surface area (TPSA) is 121 Å². The second-order valence-corrected chi connectivity index (χ2v) is 10.9. The van der Waals surface area contributed by atoms with E-state index in [4.69, 9.17) is 9.79 Å². The van der Waals surface area contributed by atoms with Crippen LogP contribution in [-0.2, 0) is 4.57 Å². The van der Waals surface area contributed by atoms with Crippen LogP contribution in [0.2, 0.25) is 0 Å². The highest BCUT2D eigenvalue weighted by Gasteiger charge is 2.39. The molecule has 1 aromatic carbocycles. The molecule has 1 heterocycles. The van der Waals surface area contributed by atoms with E-state index in [0.717, 1.165) is 50.8 Å². The van der Waals surface area contributed by atoms with Gasteiger partial charge in [0.05, 0.1) is 11.2 Å². The molecule has 4 N–H and O–H groups in total. The number of hydrogen-bond acceptors (Lipinski definition) is 4. The number of halogens is 3. The monoisotopic (exact) mass is 517 g/mol. The van der Waals surface area contributed by atoms with Gasteiger partial charge in [0.1, 0.15) is 17.5 Å². The summed E-state index contributed by atoms with van der Waals surface area (Å²) < 4.78 is 55.6. The molecule has 0 bridgehead atoms. The minimum atomic E-state index is -5.15. The molecule has 8 nitrogen and oxygen atoms in total. The van der Waals surface area contributed by atoms with Crippen LogP contribution in [0.25, 0.3) is 10.9 Å². The first kappa shape index (κ1) is 27.2. The van der Waals surface area contributed by atoms with Gasteiger partial charge in [-0.05, 0) is 38.3 Å². The summed E-state index contributed by atoms with van der Waals surface area (Å²) >= 11 is 0. The molecule has 1 aliphatic carbocycles. The van der Waals surface area contributed by atoms with E-state index in [1.54, 1.807) is 4.57 Å². The molecule has 12 heteroatoms. The van der Waals surface area contributed by atoms with Crippen LogP contribution < -0.4 is 16.1 Å². The number of carbonyl (C=O) groups is 1. The SMILES string of the molecule is CCCC(C)n1cc(C(=O)NC(F)(F)CP(=O)(O)O)c(=O)c2cc(F)c(NC3CCCCC3)cc21. The van der Waals surface area contributed by atoms with Gasteiger partial charge in [0.15, 0.2) is 0 Å². The largest absolute Gasteiger partial charge is 0.380 e. The van der Waals surface area contributed by atoms with Crippen LogP contribution in [0.4, 0.5) is 18.9 Å². The molecule has 0 radical (unpaired) electrons. The van der Waals surface area contributed by atoms with Gasteiger partial charge in [0.25, 0.3) is 5.91 Å². The minimum Gasteiger partial charge on any atom is -0.380 e. The molecule has 0 saturated heterocycles. The number of anilines is 1. The number of carbonyl (C=O) groups excluding carboxylic acids is 1. The quantitative estimate of drug-likeness (QED) is 0.282. The van der Waals surface area contributed by atoms with Crippen molar-refractivity contribution in [3.05, 3.63) is 39.9 Å². The van der Waals surface area contributed by atoms with Gasteiger partial charge in [-0.15, -0.1) is 0 Å². The Bertz CT molecular complexity index is 1190. The van der Waals surface area contributed by atoms with E-state index < -0.39 is 42.5 Å². The summed E-state index contributed by atoms with van der Waals surface area (Å²) in [6.07, 6.45) is 5.63. The fourth-order valence-corrected chi connectivity index (χ4v) is 5.16. The lowest BCUT2D eigenvalue weighted by Crippen LogP contribution is -2.45. The van der Waals surface area contributed by atoms with Crippen LogP contribution >= 0.6 is 7.60 Å². The van der Waals surface area contributed by atoms with Gasteiger partial charge >= 0.3 is 13.6 Å². The molecule has 1 fully saturated rings. The van der Waals surface area contributed by atoms with Crippen molar-refractivity contribution in [2.45, 2.75) is 76.9 Å². The summed E-state index contributed by atoms with van der Waals surface area (Å²) in [5.74, 6) is -2.20. The van der Waals surface area contributed by atoms with Crippen molar-refractivity contribution in [1.82, 2.24) is 9.88 Å². The van der Waals surface area contributed by atoms with Crippen molar-refractivity contribution < 1.29 is 32.3 Å². The maximum atomic E-state index is 15.0. The normalized spacial score (nSPS) is 16.3. The van der Waals surface area contributed by atoms with Crippen molar-refractivity contribution in [3.63, 3.8) is 0 Å². The zero-order valence-electron chi connectivity index (χ0n) is 19.7. The number of amides is 1. The fourth-order valence-electron chi connectivity index (χ4n) is 4.56. The van der Waals surface area contributed by atoms with E-state index >= 15 is 4.39 Å². The van der Waals surface area contributed by atoms with Crippen molar-refractivity contribution in [2.24, 2.45) is 0 Å². The van der Waals surface area contributed by atoms with E-state index in [1.807, 2.05) is 13.8 Å². The number of pyridine rings is 1. The minimum absolute atomic E-state index is 0.102. The molecule has 0 aliphatic heterocycles. The predicted molar refractivity (Wildman–Crippen MR) is 128 cm³/mol. The zero-order valence-corrected chi connectivity index (χ0v) is 20.6. The van der Waals surface area contributed by atoms with E-state index in [2.05, 4.69) is 5.32 Å². The van der Waals surface area contributed by atoms with Gasteiger partial charge in [-0.3, -0.25) is 19.5 Å². The van der Waals surface area contributed by atoms with E-state index in [-0.39, 0.29) is 23.2 Å². The fraction of sp³-hybridized carbons (Fsp3) is 0.565. The van der Waals surface area contributed by atoms with Crippen LogP contribution in [0.1, 0.15) is 75.2 Å². The van der Waals surface area contributed by atoms with Crippen molar-refractivity contribution in [1.29, 1.82) is 0 Å². The third-order valence-electron chi connectivity index (χ3n) is 6.21. The van der Waals surface area contributed by atoms with Crippen LogP contribution in [0.15, 0.2) is 23.1 Å². The molecule has 35 heavy (non-hydrogen) atoms. The third-order valence-corrected chi connectivity index (χ3v) is 7.02. The van der Waals surface area contributed by atoms with Crippen LogP contribution in [-0.4, -0.2) is 38.5 Å². The Morgan fingerprint density at radius 3 is 2.51 bits per heavy atom. The molecule has 2 aromatic rings. The van der Waals surface area contributed by atoms with Gasteiger partial charge in [0, 0.05) is 23.7 Å². The first-order chi connectivity index (χ1) is 16.3. The lowest BCUT2D eigenvalue weighted by atomic mass is 9.95. The maximum absolute atomic E-state index is 15.0. The first-order valence-electron chi connectivity index (χ1n) is 11.7. The second-order valence-electron chi connectivity index (χ2n) is 9.23. The predicted octanol–water partition coefficient (Wildman–Crippen LogP) is 4.75. The molecule has 194 valence electrons. The Morgan fingerprint density at radius 1 is 1.26 bits per heavy atom. The smallest absolute Gasteiger partial charge is 0.337 e. The molecular formula is C23H31F3N3O5P. The van der Waals surface area contributed by atoms with Crippen molar-refractivity contribution in [3.8, 4) is 0 Å². The van der Waals surface area contributed by atoms with Crippen molar-refractivity contribution in [2.75, 3.05) is 11.5 Å². The highest BCUT2D eigenvalue weighted by atomic mass is 31.2. The summed E-state index contributed by atoms with van der Waals surface area (Å²) in [6.45, 7) is 3.77. The number of nitrogens with zero attached hydrogens (tertiary/aromatic N) is 1. The Balaban J connectivity index is 2.08. The summed E-state index contributed by atoms with van der Waals surface area (Å²) in [5.41, 5.74) is -1.04. The Labute approximate surface area is 201 Å². The molecule has 1 amide bonds. The van der Waals surface area contributed by atoms with E-state index in [0.29, 0.717) is 11.9 Å². The molecule has 1 saturated carbocycles. The summed E-state index contributed by atoms with van der Waals surface area (Å²) in [5, 5.41) is 4.29. The lowest BCUT2D eigenvalue weighted by molar-refractivity contribution is -0.00957. The van der Waals surface area contributed by atoms with E-state index in [1.165, 1.54) is 11.4 Å². The second kappa shape index (κ2) is 10.7. The number of aromatic nitrogens is 1. The standard InChI is InChI=1S/C23H31F3N3O5P/c1-3-7-14(2)29-12-17(22(31)28-23(25,26)13-35(32,33)34)21(30)16-10-18(24)19(11-20(16)29)27-15-8-5-4-6-9-15/h10-12,14-15,27H,3-9,13H2,1-2H3,(H,28,31)(H2,32,33,34). The number of alkyl halides is 2. The number of rotatable bonds is 9. The van der Waals surface area contributed by atoms with Gasteiger partial charge in [0.2, 0.25) is 5.43 Å². The highest BCUT2D eigenvalue weighted by molar-refractivity contribution is 7.51. The van der Waals surface area contributed by atoms with E-state index in [9.17, 15) is 22.9 Å². The summed E-state index contributed by atoms with van der Waals surface area (Å²) in [6, 6.07) is -1.89. The average Bonchev–Trinajstić information content (AvgIpc) is 2.73. The molecular weight excluding hydrogens is 486 g/mol. The first-order valence-corrected chi connectivity index (χ1v) is 13.5. The number of nitrogens with one attached hydrogen (secondary N) is 2. The maximum Gasteiger partial charge on any atom is 0.337 e. The Kier molecular flexibility index (Phi) is 8.34. The Morgan fingerprint density at radius 2 is 1.91 bits per heavy atom. The van der Waals surface area contributed by atoms with Gasteiger partial charge in [-0.25, -0.2) is 4.39 Å². The molecule has 0 spiro atoms. The molecule has 1 aliphatic rings. The van der Waals surface area contributed by atoms with Gasteiger partial charge < -0.3 is 19.7 Å². The van der Waals surface area contributed by atoms with Gasteiger partial charge in [-0.1, -0.05) is 32.6 Å². The number of hydrogen-bond donors (Lipinski definition) is 4. The van der Waals surface area contributed by atoms with Gasteiger partial charge in [-0.2, -0.15) is 8.78 Å². The molecule has 1 atom stereocenters. The highest BCUT2D eigenvalue weighted by Crippen LogP contribution is 2.39. The van der Waals surface area contributed by atoms with Crippen LogP contribution in [0.3, 0.4) is 0 Å². The zero-order chi connectivity index (χ0) is 26.0. The molecule has 3 rings (SSSR count). The molecule has 1 unspecified atom stereocenters. The van der Waals surface area contributed by atoms with Crippen molar-refractivity contribution >= 4 is 30.1 Å². The number of benzene rings is 1. The lowest BCUT2D eigenvalue weighted by Gasteiger charge is -2.25. The molecule has 1 aromatic heterocycles. The van der Waals surface area contributed by atoms with Crippen LogP contribution in [0.5, 0.6) is 0 Å². The summed E-state index contributed by atoms with van der Waals surface area (Å²) in [7, 11) is -5.15. The number of fused-ring (bicyclic) bond motifs is 1. The Hall–Kier alpha value is -2.36. The third kappa shape index (κ3) is 6.86. The van der Waals surface area contributed by atoms with Crippen LogP contribution in [0, 0.1) is 5.82 Å². The average molecular weight is 517 g/mol.